The number of carbonyl (C=O) groups excluding carboxylic acids is 2. The summed E-state index contributed by atoms with van der Waals surface area (Å²) in [6.45, 7) is 3.56. The Bertz CT molecular complexity index is 546. The van der Waals surface area contributed by atoms with Crippen molar-refractivity contribution in [2.24, 2.45) is 5.92 Å². The minimum Gasteiger partial charge on any atom is -0.469 e. The van der Waals surface area contributed by atoms with E-state index in [1.165, 1.54) is 7.11 Å². The monoisotopic (exact) mass is 339 g/mol. The summed E-state index contributed by atoms with van der Waals surface area (Å²) in [5.41, 5.74) is 1.07. The van der Waals surface area contributed by atoms with E-state index in [-0.39, 0.29) is 30.3 Å². The van der Waals surface area contributed by atoms with Gasteiger partial charge < -0.3 is 9.47 Å². The van der Waals surface area contributed by atoms with Gasteiger partial charge in [0.2, 0.25) is 0 Å². The van der Waals surface area contributed by atoms with Crippen LogP contribution in [0, 0.1) is 5.92 Å². The Morgan fingerprint density at radius 1 is 1.30 bits per heavy atom. The second-order valence-corrected chi connectivity index (χ2v) is 6.05. The van der Waals surface area contributed by atoms with Crippen molar-refractivity contribution >= 4 is 23.5 Å². The number of hydrogen-bond acceptors (Lipinski definition) is 5. The summed E-state index contributed by atoms with van der Waals surface area (Å²) in [6.07, 6.45) is 0.779. The minimum atomic E-state index is -0.302. The maximum absolute atomic E-state index is 12.2. The predicted molar refractivity (Wildman–Crippen MR) is 87.4 cm³/mol. The lowest BCUT2D eigenvalue weighted by molar-refractivity contribution is -0.151. The number of esters is 2. The third-order valence-corrected chi connectivity index (χ3v) is 4.41. The highest BCUT2D eigenvalue weighted by Gasteiger charge is 2.36. The van der Waals surface area contributed by atoms with Crippen LogP contribution >= 0.6 is 11.6 Å². The summed E-state index contributed by atoms with van der Waals surface area (Å²) < 4.78 is 9.94. The molecule has 2 atom stereocenters. The number of carbonyl (C=O) groups is 2. The van der Waals surface area contributed by atoms with E-state index in [1.54, 1.807) is 6.92 Å². The van der Waals surface area contributed by atoms with E-state index in [2.05, 4.69) is 0 Å². The zero-order valence-corrected chi connectivity index (χ0v) is 14.2. The van der Waals surface area contributed by atoms with Gasteiger partial charge in [-0.3, -0.25) is 14.5 Å². The average molecular weight is 340 g/mol. The van der Waals surface area contributed by atoms with Crippen molar-refractivity contribution in [2.75, 3.05) is 33.4 Å². The molecule has 1 aliphatic heterocycles. The highest BCUT2D eigenvalue weighted by Crippen LogP contribution is 2.34. The SMILES string of the molecule is CCOC(=O)CN1CCC(c2ccc(Cl)cc2)C(C(=O)OC)C1. The minimum absolute atomic E-state index is 0.0677. The second kappa shape index (κ2) is 8.31. The molecule has 0 aliphatic carbocycles. The number of methoxy groups -OCH3 is 1. The summed E-state index contributed by atoms with van der Waals surface area (Å²) in [5.74, 6) is -0.748. The topological polar surface area (TPSA) is 55.8 Å². The first kappa shape index (κ1) is 17.8. The van der Waals surface area contributed by atoms with Crippen LogP contribution in [0.3, 0.4) is 0 Å². The Labute approximate surface area is 141 Å². The summed E-state index contributed by atoms with van der Waals surface area (Å²) in [4.78, 5) is 25.8. The van der Waals surface area contributed by atoms with Gasteiger partial charge in [-0.15, -0.1) is 0 Å². The van der Waals surface area contributed by atoms with Crippen LogP contribution in [-0.4, -0.2) is 50.2 Å². The second-order valence-electron chi connectivity index (χ2n) is 5.62. The van der Waals surface area contributed by atoms with Gasteiger partial charge in [0, 0.05) is 11.6 Å². The highest BCUT2D eigenvalue weighted by atomic mass is 35.5. The number of ether oxygens (including phenoxy) is 2. The van der Waals surface area contributed by atoms with E-state index in [9.17, 15) is 9.59 Å². The van der Waals surface area contributed by atoms with Gasteiger partial charge in [0.25, 0.3) is 0 Å². The van der Waals surface area contributed by atoms with Gasteiger partial charge >= 0.3 is 11.9 Å². The molecule has 2 rings (SSSR count). The van der Waals surface area contributed by atoms with Crippen molar-refractivity contribution in [3.63, 3.8) is 0 Å². The number of nitrogens with zero attached hydrogens (tertiary/aromatic N) is 1. The van der Waals surface area contributed by atoms with Crippen LogP contribution in [0.15, 0.2) is 24.3 Å². The molecule has 1 aromatic rings. The predicted octanol–water partition coefficient (Wildman–Crippen LogP) is 2.48. The van der Waals surface area contributed by atoms with Gasteiger partial charge in [0.05, 0.1) is 26.2 Å². The molecule has 23 heavy (non-hydrogen) atoms. The summed E-state index contributed by atoms with van der Waals surface area (Å²) in [7, 11) is 1.39. The van der Waals surface area contributed by atoms with E-state index in [1.807, 2.05) is 29.2 Å². The Morgan fingerprint density at radius 2 is 2.00 bits per heavy atom. The standard InChI is InChI=1S/C17H22ClNO4/c1-3-23-16(20)11-19-9-8-14(15(10-19)17(21)22-2)12-4-6-13(18)7-5-12/h4-7,14-15H,3,8-11H2,1-2H3. The molecule has 0 N–H and O–H groups in total. The Kier molecular flexibility index (Phi) is 6.42. The van der Waals surface area contributed by atoms with Crippen LogP contribution in [0.4, 0.5) is 0 Å². The van der Waals surface area contributed by atoms with E-state index in [0.29, 0.717) is 18.2 Å². The summed E-state index contributed by atoms with van der Waals surface area (Å²) >= 11 is 5.94. The van der Waals surface area contributed by atoms with E-state index < -0.39 is 0 Å². The van der Waals surface area contributed by atoms with Gasteiger partial charge in [-0.2, -0.15) is 0 Å². The number of benzene rings is 1. The van der Waals surface area contributed by atoms with Crippen LogP contribution in [0.5, 0.6) is 0 Å². The van der Waals surface area contributed by atoms with Crippen molar-refractivity contribution in [2.45, 2.75) is 19.3 Å². The molecule has 1 heterocycles. The maximum Gasteiger partial charge on any atom is 0.320 e. The molecular weight excluding hydrogens is 318 g/mol. The maximum atomic E-state index is 12.2. The molecule has 1 fully saturated rings. The first-order valence-corrected chi connectivity index (χ1v) is 8.14. The van der Waals surface area contributed by atoms with E-state index in [4.69, 9.17) is 21.1 Å². The van der Waals surface area contributed by atoms with Crippen molar-refractivity contribution in [1.82, 2.24) is 4.90 Å². The number of piperidine rings is 1. The molecule has 5 nitrogen and oxygen atoms in total. The van der Waals surface area contributed by atoms with Crippen molar-refractivity contribution in [3.05, 3.63) is 34.9 Å². The quantitative estimate of drug-likeness (QED) is 0.771. The molecule has 6 heteroatoms. The molecule has 2 unspecified atom stereocenters. The average Bonchev–Trinajstić information content (AvgIpc) is 2.55. The smallest absolute Gasteiger partial charge is 0.320 e. The van der Waals surface area contributed by atoms with Crippen LogP contribution in [0.1, 0.15) is 24.8 Å². The van der Waals surface area contributed by atoms with Gasteiger partial charge in [0.1, 0.15) is 0 Å². The fourth-order valence-corrected chi connectivity index (χ4v) is 3.18. The molecule has 0 spiro atoms. The van der Waals surface area contributed by atoms with Crippen LogP contribution in [-0.2, 0) is 19.1 Å². The number of likely N-dealkylation sites (tertiary alicyclic amines) is 1. The zero-order chi connectivity index (χ0) is 16.8. The Balaban J connectivity index is 2.10. The Hall–Kier alpha value is -1.59. The first-order valence-electron chi connectivity index (χ1n) is 7.76. The molecule has 0 amide bonds. The fraction of sp³-hybridized carbons (Fsp3) is 0.529. The lowest BCUT2D eigenvalue weighted by atomic mass is 9.80. The Morgan fingerprint density at radius 3 is 2.61 bits per heavy atom. The third-order valence-electron chi connectivity index (χ3n) is 4.16. The highest BCUT2D eigenvalue weighted by molar-refractivity contribution is 6.30. The molecule has 1 aliphatic rings. The van der Waals surface area contributed by atoms with Crippen LogP contribution in [0.2, 0.25) is 5.02 Å². The molecule has 1 saturated heterocycles. The molecule has 0 radical (unpaired) electrons. The van der Waals surface area contributed by atoms with Crippen molar-refractivity contribution in [1.29, 1.82) is 0 Å². The number of hydrogen-bond donors (Lipinski definition) is 0. The fourth-order valence-electron chi connectivity index (χ4n) is 3.05. The zero-order valence-electron chi connectivity index (χ0n) is 13.5. The van der Waals surface area contributed by atoms with Gasteiger partial charge in [-0.25, -0.2) is 0 Å². The van der Waals surface area contributed by atoms with E-state index in [0.717, 1.165) is 18.5 Å². The molecule has 0 saturated carbocycles. The van der Waals surface area contributed by atoms with Crippen LogP contribution in [0.25, 0.3) is 0 Å². The summed E-state index contributed by atoms with van der Waals surface area (Å²) in [6, 6.07) is 7.56. The van der Waals surface area contributed by atoms with Gasteiger partial charge in [-0.05, 0) is 43.5 Å². The lowest BCUT2D eigenvalue weighted by Crippen LogP contribution is -2.45. The normalized spacial score (nSPS) is 21.7. The lowest BCUT2D eigenvalue weighted by Gasteiger charge is -2.36. The largest absolute Gasteiger partial charge is 0.469 e. The van der Waals surface area contributed by atoms with Gasteiger partial charge in [-0.1, -0.05) is 23.7 Å². The molecule has 1 aromatic carbocycles. The third kappa shape index (κ3) is 4.69. The van der Waals surface area contributed by atoms with Crippen molar-refractivity contribution in [3.8, 4) is 0 Å². The molecule has 0 bridgehead atoms. The van der Waals surface area contributed by atoms with Gasteiger partial charge in [0.15, 0.2) is 0 Å². The molecule has 126 valence electrons. The van der Waals surface area contributed by atoms with Crippen molar-refractivity contribution < 1.29 is 19.1 Å². The van der Waals surface area contributed by atoms with E-state index >= 15 is 0 Å². The molecule has 0 aromatic heterocycles. The first-order chi connectivity index (χ1) is 11.0. The summed E-state index contributed by atoms with van der Waals surface area (Å²) in [5, 5.41) is 0.670. The molecular formula is C17H22ClNO4. The number of halogens is 1. The van der Waals surface area contributed by atoms with Crippen LogP contribution < -0.4 is 0 Å². The number of rotatable bonds is 5.